The first-order valence-electron chi connectivity index (χ1n) is 7.54. The minimum absolute atomic E-state index is 0.0551. The number of rotatable bonds is 3. The lowest BCUT2D eigenvalue weighted by molar-refractivity contribution is -0.142. The summed E-state index contributed by atoms with van der Waals surface area (Å²) in [6.07, 6.45) is 5.33. The van der Waals surface area contributed by atoms with Gasteiger partial charge in [-0.1, -0.05) is 13.8 Å². The molecule has 2 aliphatic rings. The molecule has 0 aromatic rings. The van der Waals surface area contributed by atoms with Crippen molar-refractivity contribution in [3.63, 3.8) is 0 Å². The SMILES string of the molecule is CC(C)C1CCCCN1C(=O)[C@@H]1CC[C@H](C(=O)O)C1. The largest absolute Gasteiger partial charge is 0.481 e. The van der Waals surface area contributed by atoms with Crippen LogP contribution < -0.4 is 0 Å². The van der Waals surface area contributed by atoms with Gasteiger partial charge in [0.2, 0.25) is 5.91 Å². The van der Waals surface area contributed by atoms with Crippen LogP contribution in [-0.4, -0.2) is 34.5 Å². The van der Waals surface area contributed by atoms with Crippen molar-refractivity contribution in [2.45, 2.75) is 58.4 Å². The van der Waals surface area contributed by atoms with Crippen molar-refractivity contribution in [1.29, 1.82) is 0 Å². The Balaban J connectivity index is 2.00. The minimum Gasteiger partial charge on any atom is -0.481 e. The molecule has 1 saturated carbocycles. The van der Waals surface area contributed by atoms with Gasteiger partial charge in [0.15, 0.2) is 0 Å². The number of likely N-dealkylation sites (tertiary alicyclic amines) is 1. The summed E-state index contributed by atoms with van der Waals surface area (Å²) in [5.74, 6) is -0.408. The van der Waals surface area contributed by atoms with Crippen molar-refractivity contribution in [3.05, 3.63) is 0 Å². The lowest BCUT2D eigenvalue weighted by atomic mass is 9.91. The highest BCUT2D eigenvalue weighted by atomic mass is 16.4. The summed E-state index contributed by atoms with van der Waals surface area (Å²) in [5.41, 5.74) is 0. The number of piperidine rings is 1. The number of carboxylic acids is 1. The maximum absolute atomic E-state index is 12.6. The quantitative estimate of drug-likeness (QED) is 0.854. The number of carboxylic acid groups (broad SMARTS) is 1. The molecule has 0 spiro atoms. The molecule has 1 aliphatic carbocycles. The number of nitrogens with zero attached hydrogens (tertiary/aromatic N) is 1. The van der Waals surface area contributed by atoms with E-state index in [0.29, 0.717) is 24.8 Å². The van der Waals surface area contributed by atoms with Crippen LogP contribution in [0.1, 0.15) is 52.4 Å². The van der Waals surface area contributed by atoms with Gasteiger partial charge in [-0.25, -0.2) is 0 Å². The Morgan fingerprint density at radius 1 is 1.11 bits per heavy atom. The van der Waals surface area contributed by atoms with Crippen LogP contribution in [0, 0.1) is 17.8 Å². The summed E-state index contributed by atoms with van der Waals surface area (Å²) in [7, 11) is 0. The number of amides is 1. The molecule has 4 nitrogen and oxygen atoms in total. The summed E-state index contributed by atoms with van der Waals surface area (Å²) in [6.45, 7) is 5.20. The molecule has 0 bridgehead atoms. The normalized spacial score (nSPS) is 31.7. The lowest BCUT2D eigenvalue weighted by Gasteiger charge is -2.39. The predicted octanol–water partition coefficient (Wildman–Crippen LogP) is 2.52. The van der Waals surface area contributed by atoms with Crippen molar-refractivity contribution < 1.29 is 14.7 Å². The van der Waals surface area contributed by atoms with Crippen molar-refractivity contribution in [2.24, 2.45) is 17.8 Å². The summed E-state index contributed by atoms with van der Waals surface area (Å²) < 4.78 is 0. The molecule has 0 radical (unpaired) electrons. The fourth-order valence-electron chi connectivity index (χ4n) is 3.59. The Bertz CT molecular complexity index is 353. The van der Waals surface area contributed by atoms with E-state index in [4.69, 9.17) is 5.11 Å². The van der Waals surface area contributed by atoms with Gasteiger partial charge in [-0.05, 0) is 44.4 Å². The first-order chi connectivity index (χ1) is 9.00. The van der Waals surface area contributed by atoms with E-state index >= 15 is 0 Å². The van der Waals surface area contributed by atoms with Gasteiger partial charge in [0, 0.05) is 18.5 Å². The van der Waals surface area contributed by atoms with E-state index in [1.807, 2.05) is 4.90 Å². The van der Waals surface area contributed by atoms with Gasteiger partial charge in [0.25, 0.3) is 0 Å². The lowest BCUT2D eigenvalue weighted by Crippen LogP contribution is -2.48. The molecule has 1 heterocycles. The standard InChI is InChI=1S/C15H25NO3/c1-10(2)13-5-3-4-8-16(13)14(17)11-6-7-12(9-11)15(18)19/h10-13H,3-9H2,1-2H3,(H,18,19)/t11-,12+,13?/m1/s1. The fraction of sp³-hybridized carbons (Fsp3) is 0.867. The van der Waals surface area contributed by atoms with E-state index in [0.717, 1.165) is 25.8 Å². The summed E-state index contributed by atoms with van der Waals surface area (Å²) >= 11 is 0. The van der Waals surface area contributed by atoms with Crippen LogP contribution >= 0.6 is 0 Å². The maximum atomic E-state index is 12.6. The van der Waals surface area contributed by atoms with E-state index in [-0.39, 0.29) is 17.7 Å². The molecule has 19 heavy (non-hydrogen) atoms. The first kappa shape index (κ1) is 14.4. The van der Waals surface area contributed by atoms with Crippen molar-refractivity contribution in [2.75, 3.05) is 6.54 Å². The second-order valence-corrected chi connectivity index (χ2v) is 6.38. The van der Waals surface area contributed by atoms with Crippen LogP contribution in [0.3, 0.4) is 0 Å². The Hall–Kier alpha value is -1.06. The maximum Gasteiger partial charge on any atom is 0.306 e. The Labute approximate surface area is 115 Å². The van der Waals surface area contributed by atoms with Crippen molar-refractivity contribution in [1.82, 2.24) is 4.90 Å². The Kier molecular flexibility index (Phi) is 4.48. The van der Waals surface area contributed by atoms with Gasteiger partial charge in [-0.15, -0.1) is 0 Å². The molecule has 108 valence electrons. The fourth-order valence-corrected chi connectivity index (χ4v) is 3.59. The van der Waals surface area contributed by atoms with Crippen LogP contribution in [0.2, 0.25) is 0 Å². The highest BCUT2D eigenvalue weighted by molar-refractivity contribution is 5.81. The molecule has 1 N–H and O–H groups in total. The highest BCUT2D eigenvalue weighted by Gasteiger charge is 2.38. The number of hydrogen-bond acceptors (Lipinski definition) is 2. The van der Waals surface area contributed by atoms with Gasteiger partial charge in [0.1, 0.15) is 0 Å². The molecule has 1 unspecified atom stereocenters. The third-order valence-corrected chi connectivity index (χ3v) is 4.73. The monoisotopic (exact) mass is 267 g/mol. The molecular formula is C15H25NO3. The summed E-state index contributed by atoms with van der Waals surface area (Å²) in [6, 6.07) is 0.352. The molecule has 3 atom stereocenters. The van der Waals surface area contributed by atoms with E-state index in [1.54, 1.807) is 0 Å². The first-order valence-corrected chi connectivity index (χ1v) is 7.54. The van der Waals surface area contributed by atoms with Crippen molar-refractivity contribution in [3.8, 4) is 0 Å². The van der Waals surface area contributed by atoms with E-state index in [1.165, 1.54) is 6.42 Å². The molecule has 0 aromatic carbocycles. The number of aliphatic carboxylic acids is 1. The van der Waals surface area contributed by atoms with Gasteiger partial charge in [-0.3, -0.25) is 9.59 Å². The second-order valence-electron chi connectivity index (χ2n) is 6.38. The average Bonchev–Trinajstić information content (AvgIpc) is 2.87. The van der Waals surface area contributed by atoms with E-state index < -0.39 is 5.97 Å². The van der Waals surface area contributed by atoms with Gasteiger partial charge in [0.05, 0.1) is 5.92 Å². The molecule has 2 rings (SSSR count). The van der Waals surface area contributed by atoms with Gasteiger partial charge in [-0.2, -0.15) is 0 Å². The molecular weight excluding hydrogens is 242 g/mol. The van der Waals surface area contributed by atoms with Crippen LogP contribution in [-0.2, 0) is 9.59 Å². The topological polar surface area (TPSA) is 57.6 Å². The van der Waals surface area contributed by atoms with Gasteiger partial charge >= 0.3 is 5.97 Å². The number of carbonyl (C=O) groups excluding carboxylic acids is 1. The summed E-state index contributed by atoms with van der Waals surface area (Å²) in [4.78, 5) is 25.7. The molecule has 1 aliphatic heterocycles. The average molecular weight is 267 g/mol. The Morgan fingerprint density at radius 2 is 1.79 bits per heavy atom. The highest BCUT2D eigenvalue weighted by Crippen LogP contribution is 2.34. The van der Waals surface area contributed by atoms with Crippen LogP contribution in [0.25, 0.3) is 0 Å². The molecule has 0 aromatic heterocycles. The van der Waals surface area contributed by atoms with Crippen LogP contribution in [0.15, 0.2) is 0 Å². The van der Waals surface area contributed by atoms with Crippen LogP contribution in [0.5, 0.6) is 0 Å². The van der Waals surface area contributed by atoms with E-state index in [2.05, 4.69) is 13.8 Å². The zero-order valence-electron chi connectivity index (χ0n) is 12.0. The molecule has 1 saturated heterocycles. The third kappa shape index (κ3) is 3.10. The number of carbonyl (C=O) groups is 2. The zero-order valence-corrected chi connectivity index (χ0v) is 12.0. The third-order valence-electron chi connectivity index (χ3n) is 4.73. The minimum atomic E-state index is -0.741. The molecule has 2 fully saturated rings. The molecule has 1 amide bonds. The zero-order chi connectivity index (χ0) is 14.0. The Morgan fingerprint density at radius 3 is 2.37 bits per heavy atom. The van der Waals surface area contributed by atoms with Crippen molar-refractivity contribution >= 4 is 11.9 Å². The van der Waals surface area contributed by atoms with Gasteiger partial charge < -0.3 is 10.0 Å². The smallest absolute Gasteiger partial charge is 0.306 e. The summed E-state index contributed by atoms with van der Waals surface area (Å²) in [5, 5.41) is 9.04. The van der Waals surface area contributed by atoms with E-state index in [9.17, 15) is 9.59 Å². The van der Waals surface area contributed by atoms with Crippen LogP contribution in [0.4, 0.5) is 0 Å². The number of hydrogen-bond donors (Lipinski definition) is 1. The predicted molar refractivity (Wildman–Crippen MR) is 72.7 cm³/mol. The second kappa shape index (κ2) is 5.93. The molecule has 4 heteroatoms.